The van der Waals surface area contributed by atoms with E-state index in [0.717, 1.165) is 22.0 Å². The molecule has 3 rings (SSSR count). The summed E-state index contributed by atoms with van der Waals surface area (Å²) in [6.07, 6.45) is 2.91. The molecule has 2 nitrogen and oxygen atoms in total. The molecule has 2 aromatic carbocycles. The van der Waals surface area contributed by atoms with Gasteiger partial charge in [-0.2, -0.15) is 0 Å². The van der Waals surface area contributed by atoms with Gasteiger partial charge in [0.1, 0.15) is 11.9 Å². The summed E-state index contributed by atoms with van der Waals surface area (Å²) in [5, 5.41) is 10.2. The number of aromatic nitrogens is 2. The highest BCUT2D eigenvalue weighted by atomic mass is 15.1. The summed E-state index contributed by atoms with van der Waals surface area (Å²) in [5.41, 5.74) is 3.25. The van der Waals surface area contributed by atoms with Crippen LogP contribution in [0.2, 0.25) is 0 Å². The molecule has 0 bridgehead atoms. The maximum absolute atomic E-state index is 4.20. The summed E-state index contributed by atoms with van der Waals surface area (Å²) in [6.45, 7) is 2.08. The van der Waals surface area contributed by atoms with E-state index in [2.05, 4.69) is 53.6 Å². The minimum Gasteiger partial charge on any atom is -0.149 e. The molecule has 0 atom stereocenters. The van der Waals surface area contributed by atoms with Crippen molar-refractivity contribution >= 4 is 10.8 Å². The molecule has 0 saturated heterocycles. The van der Waals surface area contributed by atoms with Crippen molar-refractivity contribution in [2.24, 2.45) is 0 Å². The zero-order valence-electron chi connectivity index (χ0n) is 9.51. The zero-order valence-corrected chi connectivity index (χ0v) is 9.51. The molecule has 0 amide bonds. The fourth-order valence-corrected chi connectivity index (χ4v) is 1.89. The molecule has 0 spiro atoms. The first-order valence-corrected chi connectivity index (χ1v) is 5.55. The van der Waals surface area contributed by atoms with E-state index in [-0.39, 0.29) is 0 Å². The van der Waals surface area contributed by atoms with E-state index in [1.165, 1.54) is 5.56 Å². The quantitative estimate of drug-likeness (QED) is 0.626. The smallest absolute Gasteiger partial charge is 0.122 e. The number of hydrogen-bond acceptors (Lipinski definition) is 2. The lowest BCUT2D eigenvalue weighted by molar-refractivity contribution is 1.05. The Morgan fingerprint density at radius 1 is 0.941 bits per heavy atom. The van der Waals surface area contributed by atoms with Crippen LogP contribution >= 0.6 is 0 Å². The fourth-order valence-electron chi connectivity index (χ4n) is 1.89. The molecular weight excluding hydrogens is 208 g/mol. The van der Waals surface area contributed by atoms with E-state index in [9.17, 15) is 0 Å². The predicted molar refractivity (Wildman–Crippen MR) is 68.5 cm³/mol. The van der Waals surface area contributed by atoms with E-state index in [4.69, 9.17) is 0 Å². The predicted octanol–water partition coefficient (Wildman–Crippen LogP) is 3.41. The maximum atomic E-state index is 4.20. The van der Waals surface area contributed by atoms with Crippen molar-refractivity contribution in [3.8, 4) is 11.3 Å². The number of fused-ring (bicyclic) bond motifs is 1. The topological polar surface area (TPSA) is 25.8 Å². The monoisotopic (exact) mass is 219 g/mol. The van der Waals surface area contributed by atoms with Crippen molar-refractivity contribution in [1.29, 1.82) is 0 Å². The van der Waals surface area contributed by atoms with Crippen molar-refractivity contribution in [2.75, 3.05) is 0 Å². The first kappa shape index (κ1) is 9.97. The van der Waals surface area contributed by atoms with Crippen LogP contribution in [-0.4, -0.2) is 10.2 Å². The van der Waals surface area contributed by atoms with Crippen LogP contribution in [0.4, 0.5) is 0 Å². The van der Waals surface area contributed by atoms with Gasteiger partial charge in [-0.3, -0.25) is 0 Å². The van der Waals surface area contributed by atoms with Crippen molar-refractivity contribution in [3.05, 3.63) is 60.3 Å². The summed E-state index contributed by atoms with van der Waals surface area (Å²) in [7, 11) is 0. The highest BCUT2D eigenvalue weighted by Gasteiger charge is 2.05. The van der Waals surface area contributed by atoms with Gasteiger partial charge in [0.25, 0.3) is 0 Å². The Morgan fingerprint density at radius 2 is 1.71 bits per heavy atom. The lowest BCUT2D eigenvalue weighted by Crippen LogP contribution is -1.89. The van der Waals surface area contributed by atoms with Crippen molar-refractivity contribution in [1.82, 2.24) is 10.2 Å². The molecule has 17 heavy (non-hydrogen) atoms. The average molecular weight is 219 g/mol. The SMILES string of the molecule is Cc1ccc(-c2nn[c]c3ccccc23)cc1. The lowest BCUT2D eigenvalue weighted by Gasteiger charge is -2.04. The van der Waals surface area contributed by atoms with Crippen LogP contribution in [0.15, 0.2) is 48.5 Å². The molecule has 0 aliphatic carbocycles. The van der Waals surface area contributed by atoms with Crippen LogP contribution in [0.5, 0.6) is 0 Å². The molecule has 1 heterocycles. The molecule has 0 fully saturated rings. The second kappa shape index (κ2) is 3.98. The first-order valence-electron chi connectivity index (χ1n) is 5.55. The number of rotatable bonds is 1. The van der Waals surface area contributed by atoms with Crippen LogP contribution in [0.1, 0.15) is 5.56 Å². The second-order valence-electron chi connectivity index (χ2n) is 4.07. The summed E-state index contributed by atoms with van der Waals surface area (Å²) >= 11 is 0. The molecule has 0 N–H and O–H groups in total. The van der Waals surface area contributed by atoms with Gasteiger partial charge in [-0.05, 0) is 6.92 Å². The third-order valence-electron chi connectivity index (χ3n) is 2.83. The van der Waals surface area contributed by atoms with Crippen LogP contribution < -0.4 is 0 Å². The second-order valence-corrected chi connectivity index (χ2v) is 4.07. The normalized spacial score (nSPS) is 10.6. The summed E-state index contributed by atoms with van der Waals surface area (Å²) in [5.74, 6) is 0. The number of aryl methyl sites for hydroxylation is 1. The summed E-state index contributed by atoms with van der Waals surface area (Å²) in [6, 6.07) is 16.4. The molecule has 0 aliphatic heterocycles. The Hall–Kier alpha value is -2.22. The Balaban J connectivity index is 2.27. The summed E-state index contributed by atoms with van der Waals surface area (Å²) < 4.78 is 0. The number of nitrogens with zero attached hydrogens (tertiary/aromatic N) is 2. The molecule has 0 aliphatic rings. The van der Waals surface area contributed by atoms with Gasteiger partial charge in [-0.15, -0.1) is 10.2 Å². The minimum atomic E-state index is 0.916. The Morgan fingerprint density at radius 3 is 2.53 bits per heavy atom. The van der Waals surface area contributed by atoms with Gasteiger partial charge in [0, 0.05) is 16.3 Å². The van der Waals surface area contributed by atoms with Gasteiger partial charge >= 0.3 is 0 Å². The molecule has 0 unspecified atom stereocenters. The molecule has 2 heteroatoms. The van der Waals surface area contributed by atoms with E-state index < -0.39 is 0 Å². The van der Waals surface area contributed by atoms with Crippen molar-refractivity contribution < 1.29 is 0 Å². The van der Waals surface area contributed by atoms with Crippen molar-refractivity contribution in [3.63, 3.8) is 0 Å². The number of benzene rings is 2. The van der Waals surface area contributed by atoms with Gasteiger partial charge in [-0.25, -0.2) is 0 Å². The molecule has 3 aromatic rings. The van der Waals surface area contributed by atoms with Crippen LogP contribution in [0.25, 0.3) is 22.0 Å². The fraction of sp³-hybridized carbons (Fsp3) is 0.0667. The first-order chi connectivity index (χ1) is 8.34. The van der Waals surface area contributed by atoms with Crippen LogP contribution in [-0.2, 0) is 0 Å². The van der Waals surface area contributed by atoms with Crippen molar-refractivity contribution in [2.45, 2.75) is 6.92 Å². The van der Waals surface area contributed by atoms with Gasteiger partial charge in [0.05, 0.1) is 0 Å². The third-order valence-corrected chi connectivity index (χ3v) is 2.83. The Labute approximate surface area is 99.9 Å². The zero-order chi connectivity index (χ0) is 11.7. The molecular formula is C15H11N2. The van der Waals surface area contributed by atoms with Gasteiger partial charge in [0.15, 0.2) is 0 Å². The molecule has 1 radical (unpaired) electrons. The van der Waals surface area contributed by atoms with Crippen LogP contribution in [0, 0.1) is 13.1 Å². The van der Waals surface area contributed by atoms with E-state index in [1.54, 1.807) is 0 Å². The Kier molecular flexibility index (Phi) is 2.33. The molecule has 0 saturated carbocycles. The summed E-state index contributed by atoms with van der Waals surface area (Å²) in [4.78, 5) is 0. The standard InChI is InChI=1S/C15H11N2/c1-11-6-8-12(9-7-11)15-14-5-3-2-4-13(14)10-16-17-15/h2-9H,1H3. The van der Waals surface area contributed by atoms with E-state index in [0.29, 0.717) is 0 Å². The van der Waals surface area contributed by atoms with E-state index in [1.807, 2.05) is 18.2 Å². The van der Waals surface area contributed by atoms with Gasteiger partial charge < -0.3 is 0 Å². The molecule has 1 aromatic heterocycles. The van der Waals surface area contributed by atoms with Gasteiger partial charge in [0.2, 0.25) is 0 Å². The Bertz CT molecular complexity index is 652. The molecule has 81 valence electrons. The van der Waals surface area contributed by atoms with Gasteiger partial charge in [-0.1, -0.05) is 54.1 Å². The van der Waals surface area contributed by atoms with Crippen LogP contribution in [0.3, 0.4) is 0 Å². The third kappa shape index (κ3) is 1.78. The van der Waals surface area contributed by atoms with E-state index >= 15 is 0 Å². The lowest BCUT2D eigenvalue weighted by atomic mass is 10.0. The maximum Gasteiger partial charge on any atom is 0.122 e. The largest absolute Gasteiger partial charge is 0.149 e. The minimum absolute atomic E-state index is 0.916. The highest BCUT2D eigenvalue weighted by Crippen LogP contribution is 2.25. The number of hydrogen-bond donors (Lipinski definition) is 0. The highest BCUT2D eigenvalue weighted by molar-refractivity contribution is 5.93. The average Bonchev–Trinajstić information content (AvgIpc) is 2.39.